The molecule has 0 unspecified atom stereocenters. The van der Waals surface area contributed by atoms with Crippen LogP contribution in [0.15, 0.2) is 0 Å². The fourth-order valence-electron chi connectivity index (χ4n) is 1.16. The molecule has 0 aromatic carbocycles. The molecule has 0 spiro atoms. The third-order valence-electron chi connectivity index (χ3n) is 2.59. The number of ether oxygens (including phenoxy) is 1. The van der Waals surface area contributed by atoms with Crippen LogP contribution in [0.3, 0.4) is 0 Å². The van der Waals surface area contributed by atoms with Crippen molar-refractivity contribution in [3.05, 3.63) is 0 Å². The van der Waals surface area contributed by atoms with Crippen molar-refractivity contribution in [2.45, 2.75) is 52.6 Å². The van der Waals surface area contributed by atoms with Crippen LogP contribution in [0, 0.1) is 0 Å². The van der Waals surface area contributed by atoms with Crippen molar-refractivity contribution >= 4 is 5.97 Å². The van der Waals surface area contributed by atoms with E-state index in [1.807, 2.05) is 32.7 Å². The molecule has 0 aliphatic heterocycles. The third kappa shape index (κ3) is 3.29. The van der Waals surface area contributed by atoms with Gasteiger partial charge in [-0.1, -0.05) is 6.92 Å². The summed E-state index contributed by atoms with van der Waals surface area (Å²) >= 11 is 0. The zero-order valence-electron chi connectivity index (χ0n) is 10.3. The molecule has 0 heterocycles. The molecular weight excluding hydrogens is 178 g/mol. The van der Waals surface area contributed by atoms with E-state index in [0.717, 1.165) is 6.42 Å². The predicted molar refractivity (Wildman–Crippen MR) is 58.2 cm³/mol. The Balaban J connectivity index is 4.36. The predicted octanol–water partition coefficient (Wildman–Crippen LogP) is 2.06. The molecule has 0 amide bonds. The van der Waals surface area contributed by atoms with E-state index in [2.05, 4.69) is 13.8 Å². The minimum Gasteiger partial charge on any atom is -0.464 e. The van der Waals surface area contributed by atoms with Crippen LogP contribution >= 0.6 is 0 Å². The Morgan fingerprint density at radius 3 is 2.29 bits per heavy atom. The molecule has 84 valence electrons. The number of hydrogen-bond donors (Lipinski definition) is 0. The number of esters is 1. The van der Waals surface area contributed by atoms with Gasteiger partial charge in [-0.2, -0.15) is 0 Å². The molecule has 0 fully saturated rings. The molecule has 0 atom stereocenters. The monoisotopic (exact) mass is 201 g/mol. The number of carbonyl (C=O) groups is 1. The van der Waals surface area contributed by atoms with Gasteiger partial charge in [-0.25, -0.2) is 0 Å². The average molecular weight is 201 g/mol. The van der Waals surface area contributed by atoms with Crippen molar-refractivity contribution in [2.24, 2.45) is 0 Å². The quantitative estimate of drug-likeness (QED) is 0.638. The summed E-state index contributed by atoms with van der Waals surface area (Å²) in [5.74, 6) is -0.143. The first-order valence-electron chi connectivity index (χ1n) is 5.24. The number of carbonyl (C=O) groups excluding carboxylic acids is 1. The largest absolute Gasteiger partial charge is 0.464 e. The van der Waals surface area contributed by atoms with Crippen molar-refractivity contribution in [3.8, 4) is 0 Å². The molecule has 0 N–H and O–H groups in total. The number of rotatable bonds is 5. The molecule has 3 heteroatoms. The van der Waals surface area contributed by atoms with Gasteiger partial charge in [0.15, 0.2) is 0 Å². The van der Waals surface area contributed by atoms with E-state index < -0.39 is 5.54 Å². The summed E-state index contributed by atoms with van der Waals surface area (Å²) < 4.78 is 5.15. The van der Waals surface area contributed by atoms with Gasteiger partial charge in [0, 0.05) is 6.04 Å². The minimum absolute atomic E-state index is 0.143. The SMILES string of the molecule is CCCOC(=O)C(C)(C)N(C)C(C)C. The Kier molecular flexibility index (Phi) is 5.13. The molecule has 0 saturated carbocycles. The molecule has 0 rings (SSSR count). The number of nitrogens with zero attached hydrogens (tertiary/aromatic N) is 1. The van der Waals surface area contributed by atoms with Crippen LogP contribution in [0.4, 0.5) is 0 Å². The van der Waals surface area contributed by atoms with Gasteiger partial charge in [0.25, 0.3) is 0 Å². The highest BCUT2D eigenvalue weighted by Crippen LogP contribution is 2.17. The highest BCUT2D eigenvalue weighted by molar-refractivity contribution is 5.79. The Morgan fingerprint density at radius 2 is 1.93 bits per heavy atom. The van der Waals surface area contributed by atoms with Gasteiger partial charge >= 0.3 is 5.97 Å². The van der Waals surface area contributed by atoms with Gasteiger partial charge in [-0.05, 0) is 41.2 Å². The highest BCUT2D eigenvalue weighted by atomic mass is 16.5. The Hall–Kier alpha value is -0.570. The summed E-state index contributed by atoms with van der Waals surface area (Å²) in [7, 11) is 1.94. The summed E-state index contributed by atoms with van der Waals surface area (Å²) in [6.45, 7) is 10.4. The summed E-state index contributed by atoms with van der Waals surface area (Å²) in [5.41, 5.74) is -0.538. The van der Waals surface area contributed by atoms with Gasteiger partial charge in [0.05, 0.1) is 6.61 Å². The molecule has 0 aliphatic rings. The standard InChI is InChI=1S/C11H23NO2/c1-7-8-14-10(13)11(4,5)12(6)9(2)3/h9H,7-8H2,1-6H3. The first kappa shape index (κ1) is 13.4. The lowest BCUT2D eigenvalue weighted by molar-refractivity contribution is -0.156. The van der Waals surface area contributed by atoms with E-state index >= 15 is 0 Å². The Morgan fingerprint density at radius 1 is 1.43 bits per heavy atom. The lowest BCUT2D eigenvalue weighted by Gasteiger charge is -2.36. The second kappa shape index (κ2) is 5.35. The van der Waals surface area contributed by atoms with E-state index in [1.54, 1.807) is 0 Å². The van der Waals surface area contributed by atoms with Gasteiger partial charge < -0.3 is 4.74 Å². The van der Waals surface area contributed by atoms with Crippen LogP contribution in [0.1, 0.15) is 41.0 Å². The lowest BCUT2D eigenvalue weighted by atomic mass is 10.0. The summed E-state index contributed by atoms with van der Waals surface area (Å²) in [6.07, 6.45) is 0.868. The summed E-state index contributed by atoms with van der Waals surface area (Å²) in [5, 5.41) is 0. The normalized spacial score (nSPS) is 12.3. The minimum atomic E-state index is -0.538. The maximum atomic E-state index is 11.7. The van der Waals surface area contributed by atoms with Gasteiger partial charge in [0.1, 0.15) is 5.54 Å². The van der Waals surface area contributed by atoms with Crippen molar-refractivity contribution in [1.29, 1.82) is 0 Å². The van der Waals surface area contributed by atoms with Crippen LogP contribution in [0.2, 0.25) is 0 Å². The maximum Gasteiger partial charge on any atom is 0.325 e. The first-order valence-corrected chi connectivity index (χ1v) is 5.24. The zero-order valence-corrected chi connectivity index (χ0v) is 10.3. The molecule has 0 saturated heterocycles. The topological polar surface area (TPSA) is 29.5 Å². The molecular formula is C11H23NO2. The van der Waals surface area contributed by atoms with Gasteiger partial charge in [0.2, 0.25) is 0 Å². The smallest absolute Gasteiger partial charge is 0.325 e. The first-order chi connectivity index (χ1) is 6.34. The van der Waals surface area contributed by atoms with Gasteiger partial charge in [-0.15, -0.1) is 0 Å². The van der Waals surface area contributed by atoms with Crippen LogP contribution in [-0.4, -0.2) is 36.1 Å². The van der Waals surface area contributed by atoms with Crippen molar-refractivity contribution in [1.82, 2.24) is 4.90 Å². The van der Waals surface area contributed by atoms with Crippen LogP contribution in [0.5, 0.6) is 0 Å². The Labute approximate surface area is 87.4 Å². The average Bonchev–Trinajstić information content (AvgIpc) is 2.12. The van der Waals surface area contributed by atoms with Gasteiger partial charge in [-0.3, -0.25) is 9.69 Å². The second-order valence-electron chi connectivity index (χ2n) is 4.40. The van der Waals surface area contributed by atoms with Crippen molar-refractivity contribution in [2.75, 3.05) is 13.7 Å². The fraction of sp³-hybridized carbons (Fsp3) is 0.909. The van der Waals surface area contributed by atoms with E-state index in [4.69, 9.17) is 4.74 Å². The molecule has 0 aromatic heterocycles. The maximum absolute atomic E-state index is 11.7. The summed E-state index contributed by atoms with van der Waals surface area (Å²) in [4.78, 5) is 13.7. The van der Waals surface area contributed by atoms with E-state index in [9.17, 15) is 4.79 Å². The molecule has 0 aromatic rings. The van der Waals surface area contributed by atoms with Crippen LogP contribution in [-0.2, 0) is 9.53 Å². The number of hydrogen-bond acceptors (Lipinski definition) is 3. The van der Waals surface area contributed by atoms with Crippen LogP contribution < -0.4 is 0 Å². The molecule has 3 nitrogen and oxygen atoms in total. The van der Waals surface area contributed by atoms with Crippen molar-refractivity contribution in [3.63, 3.8) is 0 Å². The van der Waals surface area contributed by atoms with E-state index in [-0.39, 0.29) is 5.97 Å². The molecule has 0 bridgehead atoms. The Bertz CT molecular complexity index is 188. The van der Waals surface area contributed by atoms with E-state index in [1.165, 1.54) is 0 Å². The summed E-state index contributed by atoms with van der Waals surface area (Å²) in [6, 6.07) is 0.333. The number of likely N-dealkylation sites (N-methyl/N-ethyl adjacent to an activating group) is 1. The lowest BCUT2D eigenvalue weighted by Crippen LogP contribution is -2.51. The molecule has 0 radical (unpaired) electrons. The highest BCUT2D eigenvalue weighted by Gasteiger charge is 2.34. The fourth-order valence-corrected chi connectivity index (χ4v) is 1.16. The zero-order chi connectivity index (χ0) is 11.4. The molecule has 14 heavy (non-hydrogen) atoms. The third-order valence-corrected chi connectivity index (χ3v) is 2.59. The van der Waals surface area contributed by atoms with E-state index in [0.29, 0.717) is 12.6 Å². The second-order valence-corrected chi connectivity index (χ2v) is 4.40. The van der Waals surface area contributed by atoms with Crippen molar-refractivity contribution < 1.29 is 9.53 Å². The van der Waals surface area contributed by atoms with Crippen LogP contribution in [0.25, 0.3) is 0 Å². The molecule has 0 aliphatic carbocycles.